The molecule has 0 aliphatic heterocycles. The number of hydrogen-bond donors (Lipinski definition) is 0. The zero-order chi connectivity index (χ0) is 14.5. The fraction of sp³-hybridized carbons (Fsp3) is 0.467. The smallest absolute Gasteiger partial charge is 0.325 e. The fourth-order valence-electron chi connectivity index (χ4n) is 1.92. The number of rotatable bonds is 6. The van der Waals surface area contributed by atoms with Crippen molar-refractivity contribution >= 4 is 29.3 Å². The third-order valence-corrected chi connectivity index (χ3v) is 4.14. The minimum absolute atomic E-state index is 0.0467. The van der Waals surface area contributed by atoms with Gasteiger partial charge < -0.3 is 9.64 Å². The van der Waals surface area contributed by atoms with E-state index in [0.29, 0.717) is 6.61 Å². The molecule has 0 bridgehead atoms. The van der Waals surface area contributed by atoms with Crippen LogP contribution in [0.4, 0.5) is 0 Å². The van der Waals surface area contributed by atoms with Crippen LogP contribution in [0.1, 0.15) is 30.2 Å². The van der Waals surface area contributed by atoms with Gasteiger partial charge in [-0.3, -0.25) is 9.59 Å². The molecule has 1 heterocycles. The summed E-state index contributed by atoms with van der Waals surface area (Å²) >= 11 is 1.60. The van der Waals surface area contributed by atoms with Crippen LogP contribution in [0.25, 0.3) is 6.08 Å². The Morgan fingerprint density at radius 3 is 2.80 bits per heavy atom. The highest BCUT2D eigenvalue weighted by Crippen LogP contribution is 2.27. The van der Waals surface area contributed by atoms with Crippen LogP contribution in [-0.2, 0) is 14.3 Å². The second kappa shape index (κ2) is 6.70. The molecule has 1 fully saturated rings. The third-order valence-electron chi connectivity index (χ3n) is 3.15. The number of thiophene rings is 1. The first-order valence-corrected chi connectivity index (χ1v) is 7.68. The van der Waals surface area contributed by atoms with Crippen molar-refractivity contribution in [2.75, 3.05) is 13.2 Å². The van der Waals surface area contributed by atoms with Crippen molar-refractivity contribution < 1.29 is 14.3 Å². The first-order chi connectivity index (χ1) is 9.61. The highest BCUT2D eigenvalue weighted by molar-refractivity contribution is 7.11. The summed E-state index contributed by atoms with van der Waals surface area (Å²) < 4.78 is 4.92. The van der Waals surface area contributed by atoms with E-state index in [1.807, 2.05) is 24.4 Å². The summed E-state index contributed by atoms with van der Waals surface area (Å²) in [5.41, 5.74) is 1.16. The van der Waals surface area contributed by atoms with Crippen LogP contribution < -0.4 is 0 Å². The van der Waals surface area contributed by atoms with Gasteiger partial charge in [0.15, 0.2) is 0 Å². The van der Waals surface area contributed by atoms with Crippen LogP contribution in [-0.4, -0.2) is 36.0 Å². The average molecular weight is 293 g/mol. The minimum Gasteiger partial charge on any atom is -0.465 e. The number of carbonyl (C=O) groups is 2. The van der Waals surface area contributed by atoms with Gasteiger partial charge in [0.2, 0.25) is 5.91 Å². The Labute approximate surface area is 123 Å². The topological polar surface area (TPSA) is 46.6 Å². The molecule has 0 unspecified atom stereocenters. The van der Waals surface area contributed by atoms with Crippen LogP contribution in [0.2, 0.25) is 0 Å². The Morgan fingerprint density at radius 2 is 2.25 bits per heavy atom. The zero-order valence-corrected chi connectivity index (χ0v) is 12.6. The summed E-state index contributed by atoms with van der Waals surface area (Å²) in [6.45, 7) is 4.17. The lowest BCUT2D eigenvalue weighted by Gasteiger charge is -2.19. The monoisotopic (exact) mass is 293 g/mol. The van der Waals surface area contributed by atoms with Gasteiger partial charge in [0.1, 0.15) is 6.54 Å². The third kappa shape index (κ3) is 3.93. The first kappa shape index (κ1) is 14.8. The van der Waals surface area contributed by atoms with Crippen molar-refractivity contribution in [3.63, 3.8) is 0 Å². The lowest BCUT2D eigenvalue weighted by molar-refractivity contribution is -0.148. The maximum Gasteiger partial charge on any atom is 0.325 e. The Balaban J connectivity index is 1.98. The van der Waals surface area contributed by atoms with Gasteiger partial charge in [0.25, 0.3) is 0 Å². The van der Waals surface area contributed by atoms with Crippen molar-refractivity contribution in [3.8, 4) is 0 Å². The van der Waals surface area contributed by atoms with E-state index in [4.69, 9.17) is 4.74 Å². The van der Waals surface area contributed by atoms with E-state index in [1.54, 1.807) is 29.2 Å². The predicted octanol–water partition coefficient (Wildman–Crippen LogP) is 2.62. The molecule has 1 aromatic heterocycles. The van der Waals surface area contributed by atoms with Crippen molar-refractivity contribution in [3.05, 3.63) is 28.0 Å². The molecule has 5 heteroatoms. The molecule has 20 heavy (non-hydrogen) atoms. The Bertz CT molecular complexity index is 517. The molecule has 1 aliphatic carbocycles. The standard InChI is InChI=1S/C15H19NO3S/c1-3-19-15(18)10-16(12-4-5-12)14(17)7-6-13-11(2)8-9-20-13/h6-9,12H,3-5,10H2,1-2H3. The molecule has 1 aromatic rings. The highest BCUT2D eigenvalue weighted by atomic mass is 32.1. The molecule has 1 amide bonds. The summed E-state index contributed by atoms with van der Waals surface area (Å²) in [6, 6.07) is 2.22. The molecule has 2 rings (SSSR count). The molecule has 0 aromatic carbocycles. The number of amides is 1. The molecule has 4 nitrogen and oxygen atoms in total. The number of carbonyl (C=O) groups excluding carboxylic acids is 2. The molecule has 108 valence electrons. The summed E-state index contributed by atoms with van der Waals surface area (Å²) in [5.74, 6) is -0.457. The number of ether oxygens (including phenoxy) is 1. The first-order valence-electron chi connectivity index (χ1n) is 6.80. The van der Waals surface area contributed by atoms with Crippen molar-refractivity contribution in [1.82, 2.24) is 4.90 Å². The molecular weight excluding hydrogens is 274 g/mol. The summed E-state index contributed by atoms with van der Waals surface area (Å²) in [6.07, 6.45) is 5.31. The summed E-state index contributed by atoms with van der Waals surface area (Å²) in [7, 11) is 0. The van der Waals surface area contributed by atoms with E-state index in [9.17, 15) is 9.59 Å². The van der Waals surface area contributed by atoms with E-state index >= 15 is 0 Å². The Morgan fingerprint density at radius 1 is 1.50 bits per heavy atom. The minimum atomic E-state index is -0.339. The number of esters is 1. The lowest BCUT2D eigenvalue weighted by Crippen LogP contribution is -2.37. The second-order valence-corrected chi connectivity index (χ2v) is 5.75. The van der Waals surface area contributed by atoms with Gasteiger partial charge in [-0.15, -0.1) is 11.3 Å². The van der Waals surface area contributed by atoms with Gasteiger partial charge in [-0.2, -0.15) is 0 Å². The quantitative estimate of drug-likeness (QED) is 0.598. The van der Waals surface area contributed by atoms with Crippen LogP contribution in [0.3, 0.4) is 0 Å². The molecule has 1 saturated carbocycles. The van der Waals surface area contributed by atoms with E-state index in [-0.39, 0.29) is 24.5 Å². The van der Waals surface area contributed by atoms with Crippen molar-refractivity contribution in [2.24, 2.45) is 0 Å². The number of nitrogens with zero attached hydrogens (tertiary/aromatic N) is 1. The molecule has 0 radical (unpaired) electrons. The van der Waals surface area contributed by atoms with E-state index in [0.717, 1.165) is 23.3 Å². The van der Waals surface area contributed by atoms with Crippen LogP contribution in [0.15, 0.2) is 17.5 Å². The predicted molar refractivity (Wildman–Crippen MR) is 79.5 cm³/mol. The van der Waals surface area contributed by atoms with Crippen LogP contribution in [0.5, 0.6) is 0 Å². The maximum atomic E-state index is 12.2. The van der Waals surface area contributed by atoms with Crippen LogP contribution in [0, 0.1) is 6.92 Å². The van der Waals surface area contributed by atoms with Gasteiger partial charge in [-0.1, -0.05) is 0 Å². The van der Waals surface area contributed by atoms with Gasteiger partial charge in [0, 0.05) is 17.0 Å². The maximum absolute atomic E-state index is 12.2. The van der Waals surface area contributed by atoms with Gasteiger partial charge in [-0.05, 0) is 49.8 Å². The van der Waals surface area contributed by atoms with Gasteiger partial charge in [0.05, 0.1) is 6.61 Å². The Kier molecular flexibility index (Phi) is 4.95. The lowest BCUT2D eigenvalue weighted by atomic mass is 10.2. The molecule has 0 saturated heterocycles. The number of hydrogen-bond acceptors (Lipinski definition) is 4. The van der Waals surface area contributed by atoms with E-state index in [2.05, 4.69) is 0 Å². The van der Waals surface area contributed by atoms with Gasteiger partial charge in [-0.25, -0.2) is 0 Å². The molecule has 0 N–H and O–H groups in total. The largest absolute Gasteiger partial charge is 0.465 e. The fourth-order valence-corrected chi connectivity index (χ4v) is 2.74. The molecule has 0 spiro atoms. The second-order valence-electron chi connectivity index (χ2n) is 4.80. The Hall–Kier alpha value is -1.62. The average Bonchev–Trinajstić information content (AvgIpc) is 3.17. The van der Waals surface area contributed by atoms with Crippen molar-refractivity contribution in [2.45, 2.75) is 32.7 Å². The normalized spacial score (nSPS) is 14.5. The van der Waals surface area contributed by atoms with E-state index < -0.39 is 0 Å². The molecular formula is C15H19NO3S. The van der Waals surface area contributed by atoms with Crippen molar-refractivity contribution in [1.29, 1.82) is 0 Å². The van der Waals surface area contributed by atoms with Gasteiger partial charge >= 0.3 is 5.97 Å². The highest BCUT2D eigenvalue weighted by Gasteiger charge is 2.33. The SMILES string of the molecule is CCOC(=O)CN(C(=O)C=Cc1sccc1C)C1CC1. The summed E-state index contributed by atoms with van der Waals surface area (Å²) in [4.78, 5) is 26.4. The van der Waals surface area contributed by atoms with E-state index in [1.165, 1.54) is 0 Å². The number of aryl methyl sites for hydroxylation is 1. The molecule has 1 aliphatic rings. The van der Waals surface area contributed by atoms with Crippen LogP contribution >= 0.6 is 11.3 Å². The molecule has 0 atom stereocenters. The summed E-state index contributed by atoms with van der Waals surface area (Å²) in [5, 5.41) is 2.00. The zero-order valence-electron chi connectivity index (χ0n) is 11.8.